The van der Waals surface area contributed by atoms with E-state index in [1.165, 1.54) is 6.07 Å². The van der Waals surface area contributed by atoms with E-state index in [2.05, 4.69) is 4.90 Å². The van der Waals surface area contributed by atoms with Gasteiger partial charge in [0.05, 0.1) is 6.61 Å². The van der Waals surface area contributed by atoms with E-state index in [1.807, 2.05) is 16.7 Å². The van der Waals surface area contributed by atoms with E-state index in [9.17, 15) is 14.0 Å². The summed E-state index contributed by atoms with van der Waals surface area (Å²) in [5.74, 6) is -0.205. The Morgan fingerprint density at radius 2 is 1.81 bits per heavy atom. The number of fused-ring (bicyclic) bond motifs is 4. The molecule has 0 aromatic heterocycles. The third kappa shape index (κ3) is 3.41. The summed E-state index contributed by atoms with van der Waals surface area (Å²) < 4.78 is 19.4. The van der Waals surface area contributed by atoms with Crippen LogP contribution in [0.25, 0.3) is 0 Å². The summed E-state index contributed by atoms with van der Waals surface area (Å²) >= 11 is 0. The molecule has 2 atom stereocenters. The fourth-order valence-corrected chi connectivity index (χ4v) is 6.61. The fourth-order valence-electron chi connectivity index (χ4n) is 6.61. The highest BCUT2D eigenvalue weighted by atomic mass is 19.1. The monoisotopic (exact) mass is 429 g/mol. The molecule has 7 heteroatoms. The maximum atomic E-state index is 14.1. The van der Waals surface area contributed by atoms with Gasteiger partial charge in [-0.1, -0.05) is 0 Å². The fraction of sp³-hybridized carbons (Fsp3) is 0.667. The van der Waals surface area contributed by atoms with Crippen LogP contribution in [0, 0.1) is 5.82 Å². The van der Waals surface area contributed by atoms with Crippen molar-refractivity contribution in [2.75, 3.05) is 31.1 Å². The first kappa shape index (κ1) is 20.7. The molecule has 4 aliphatic heterocycles. The molecule has 4 aliphatic rings. The molecule has 3 fully saturated rings. The maximum absolute atomic E-state index is 14.1. The summed E-state index contributed by atoms with van der Waals surface area (Å²) in [4.78, 5) is 31.0. The van der Waals surface area contributed by atoms with Crippen molar-refractivity contribution in [3.63, 3.8) is 0 Å². The van der Waals surface area contributed by atoms with Gasteiger partial charge in [0.1, 0.15) is 5.82 Å². The molecule has 168 valence electrons. The van der Waals surface area contributed by atoms with E-state index in [4.69, 9.17) is 4.74 Å². The van der Waals surface area contributed by atoms with Gasteiger partial charge in [0.25, 0.3) is 0 Å². The molecular weight excluding hydrogens is 397 g/mol. The van der Waals surface area contributed by atoms with Gasteiger partial charge in [0.15, 0.2) is 0 Å². The van der Waals surface area contributed by atoms with Crippen LogP contribution in [0.3, 0.4) is 0 Å². The molecule has 0 N–H and O–H groups in total. The largest absolute Gasteiger partial charge is 0.450 e. The molecule has 1 spiro atoms. The Kier molecular flexibility index (Phi) is 5.19. The van der Waals surface area contributed by atoms with Gasteiger partial charge < -0.3 is 19.4 Å². The van der Waals surface area contributed by atoms with Crippen LogP contribution in [0.1, 0.15) is 57.9 Å². The summed E-state index contributed by atoms with van der Waals surface area (Å²) in [6.45, 7) is 6.43. The Morgan fingerprint density at radius 3 is 2.42 bits per heavy atom. The molecule has 0 aliphatic carbocycles. The topological polar surface area (TPSA) is 53.1 Å². The van der Waals surface area contributed by atoms with Crippen LogP contribution in [0.15, 0.2) is 18.2 Å². The molecule has 31 heavy (non-hydrogen) atoms. The van der Waals surface area contributed by atoms with Gasteiger partial charge in [-0.2, -0.15) is 0 Å². The van der Waals surface area contributed by atoms with Crippen molar-refractivity contribution in [2.24, 2.45) is 0 Å². The van der Waals surface area contributed by atoms with Crippen molar-refractivity contribution in [1.82, 2.24) is 9.80 Å². The normalized spacial score (nSPS) is 29.3. The molecule has 0 radical (unpaired) electrons. The Bertz CT molecular complexity index is 869. The number of ether oxygens (including phenoxy) is 1. The summed E-state index contributed by atoms with van der Waals surface area (Å²) in [6.07, 6.45) is 5.86. The summed E-state index contributed by atoms with van der Waals surface area (Å²) in [7, 11) is 0. The Hall–Kier alpha value is -2.15. The highest BCUT2D eigenvalue weighted by molar-refractivity contribution is 5.94. The Morgan fingerprint density at radius 1 is 1.13 bits per heavy atom. The van der Waals surface area contributed by atoms with Gasteiger partial charge in [0.2, 0.25) is 5.91 Å². The van der Waals surface area contributed by atoms with Crippen molar-refractivity contribution in [2.45, 2.75) is 75.9 Å². The number of hydrogen-bond donors (Lipinski definition) is 0. The standard InChI is InChI=1S/C24H32FN3O3/c1-3-31-23(30)28-18-5-6-19(28)14-20(13-18)26-10-8-24(9-11-26)15-27(16(2)29)22-7-4-17(25)12-21(22)24/h4,7,12,18-20H,3,5-6,8-11,13-15H2,1-2H3. The number of carbonyl (C=O) groups excluding carboxylic acids is 2. The predicted octanol–water partition coefficient (Wildman–Crippen LogP) is 3.68. The van der Waals surface area contributed by atoms with Gasteiger partial charge in [-0.15, -0.1) is 0 Å². The number of benzene rings is 1. The Balaban J connectivity index is 1.28. The lowest BCUT2D eigenvalue weighted by atomic mass is 9.73. The number of halogens is 1. The first-order chi connectivity index (χ1) is 14.9. The molecule has 2 unspecified atom stereocenters. The van der Waals surface area contributed by atoms with E-state index in [-0.39, 0.29) is 35.3 Å². The molecule has 2 amide bonds. The lowest BCUT2D eigenvalue weighted by molar-refractivity contribution is -0.116. The first-order valence-electron chi connectivity index (χ1n) is 11.7. The smallest absolute Gasteiger partial charge is 0.410 e. The zero-order valence-corrected chi connectivity index (χ0v) is 18.5. The van der Waals surface area contributed by atoms with E-state index in [0.717, 1.165) is 62.9 Å². The number of anilines is 1. The number of amides is 2. The van der Waals surface area contributed by atoms with Crippen LogP contribution >= 0.6 is 0 Å². The number of carbonyl (C=O) groups is 2. The average molecular weight is 430 g/mol. The summed E-state index contributed by atoms with van der Waals surface area (Å²) in [5.41, 5.74) is 1.73. The van der Waals surface area contributed by atoms with Crippen molar-refractivity contribution < 1.29 is 18.7 Å². The third-order valence-corrected chi connectivity index (χ3v) is 8.12. The number of nitrogens with zero attached hydrogens (tertiary/aromatic N) is 3. The maximum Gasteiger partial charge on any atom is 0.410 e. The van der Waals surface area contributed by atoms with E-state index < -0.39 is 0 Å². The van der Waals surface area contributed by atoms with Crippen molar-refractivity contribution in [1.29, 1.82) is 0 Å². The molecule has 4 heterocycles. The van der Waals surface area contributed by atoms with E-state index >= 15 is 0 Å². The second-order valence-corrected chi connectivity index (χ2v) is 9.70. The summed E-state index contributed by atoms with van der Waals surface area (Å²) in [6, 6.07) is 5.91. The minimum atomic E-state index is -0.228. The van der Waals surface area contributed by atoms with Crippen LogP contribution in [0.4, 0.5) is 14.9 Å². The van der Waals surface area contributed by atoms with Crippen LogP contribution in [-0.2, 0) is 14.9 Å². The first-order valence-corrected chi connectivity index (χ1v) is 11.7. The zero-order chi connectivity index (χ0) is 21.8. The van der Waals surface area contributed by atoms with Crippen LogP contribution in [0.5, 0.6) is 0 Å². The number of likely N-dealkylation sites (tertiary alicyclic amines) is 1. The second-order valence-electron chi connectivity index (χ2n) is 9.70. The van der Waals surface area contributed by atoms with Gasteiger partial charge in [-0.25, -0.2) is 9.18 Å². The number of hydrogen-bond acceptors (Lipinski definition) is 4. The zero-order valence-electron chi connectivity index (χ0n) is 18.5. The van der Waals surface area contributed by atoms with Crippen molar-refractivity contribution in [3.05, 3.63) is 29.6 Å². The molecule has 3 saturated heterocycles. The van der Waals surface area contributed by atoms with Crippen LogP contribution in [0.2, 0.25) is 0 Å². The van der Waals surface area contributed by atoms with Crippen molar-refractivity contribution >= 4 is 17.7 Å². The molecule has 1 aromatic rings. The van der Waals surface area contributed by atoms with Gasteiger partial charge in [-0.3, -0.25) is 4.79 Å². The van der Waals surface area contributed by atoms with Gasteiger partial charge in [-0.05, 0) is 82.3 Å². The third-order valence-electron chi connectivity index (χ3n) is 8.12. The van der Waals surface area contributed by atoms with Crippen LogP contribution < -0.4 is 4.90 Å². The molecule has 2 bridgehead atoms. The second kappa shape index (κ2) is 7.76. The predicted molar refractivity (Wildman–Crippen MR) is 116 cm³/mol. The quantitative estimate of drug-likeness (QED) is 0.720. The van der Waals surface area contributed by atoms with E-state index in [0.29, 0.717) is 19.2 Å². The minimum absolute atomic E-state index is 0.0232. The van der Waals surface area contributed by atoms with Crippen molar-refractivity contribution in [3.8, 4) is 0 Å². The van der Waals surface area contributed by atoms with E-state index in [1.54, 1.807) is 19.1 Å². The number of rotatable bonds is 2. The molecular formula is C24H32FN3O3. The lowest BCUT2D eigenvalue weighted by Gasteiger charge is -2.47. The van der Waals surface area contributed by atoms with Gasteiger partial charge in [0, 0.05) is 42.7 Å². The molecule has 1 aromatic carbocycles. The SMILES string of the molecule is CCOC(=O)N1C2CCC1CC(N1CCC3(CC1)CN(C(C)=O)c1ccc(F)cc13)C2. The lowest BCUT2D eigenvalue weighted by Crippen LogP contribution is -2.55. The molecule has 5 rings (SSSR count). The number of piperidine rings is 2. The van der Waals surface area contributed by atoms with Gasteiger partial charge >= 0.3 is 6.09 Å². The minimum Gasteiger partial charge on any atom is -0.450 e. The Labute approximate surface area is 183 Å². The highest BCUT2D eigenvalue weighted by Gasteiger charge is 2.49. The summed E-state index contributed by atoms with van der Waals surface area (Å²) in [5, 5.41) is 0. The van der Waals surface area contributed by atoms with Crippen LogP contribution in [-0.4, -0.2) is 66.2 Å². The molecule has 0 saturated carbocycles. The average Bonchev–Trinajstić information content (AvgIpc) is 3.20. The highest BCUT2D eigenvalue weighted by Crippen LogP contribution is 2.48. The molecule has 6 nitrogen and oxygen atoms in total.